The van der Waals surface area contributed by atoms with Crippen LogP contribution in [0.3, 0.4) is 0 Å². The van der Waals surface area contributed by atoms with Crippen LogP contribution in [0.5, 0.6) is 0 Å². The van der Waals surface area contributed by atoms with E-state index >= 15 is 0 Å². The highest BCUT2D eigenvalue weighted by Crippen LogP contribution is 2.42. The van der Waals surface area contributed by atoms with Gasteiger partial charge in [0.1, 0.15) is 0 Å². The third-order valence-corrected chi connectivity index (χ3v) is 6.44. The number of aromatic nitrogens is 3. The summed E-state index contributed by atoms with van der Waals surface area (Å²) >= 11 is 5.84. The molecule has 1 saturated heterocycles. The first-order valence-corrected chi connectivity index (χ1v) is 11.2. The van der Waals surface area contributed by atoms with Crippen LogP contribution in [0.15, 0.2) is 85.3 Å². The van der Waals surface area contributed by atoms with Crippen LogP contribution in [0, 0.1) is 13.8 Å². The lowest BCUT2D eigenvalue weighted by atomic mass is 9.96. The van der Waals surface area contributed by atoms with Crippen molar-refractivity contribution in [2.24, 2.45) is 0 Å². The van der Waals surface area contributed by atoms with Gasteiger partial charge in [-0.15, -0.1) is 0 Å². The summed E-state index contributed by atoms with van der Waals surface area (Å²) in [7, 11) is 0. The van der Waals surface area contributed by atoms with Gasteiger partial charge in [0.2, 0.25) is 0 Å². The van der Waals surface area contributed by atoms with Crippen molar-refractivity contribution in [3.63, 3.8) is 0 Å². The first-order chi connectivity index (χ1) is 15.6. The van der Waals surface area contributed by atoms with Gasteiger partial charge in [0.25, 0.3) is 0 Å². The van der Waals surface area contributed by atoms with Gasteiger partial charge in [0, 0.05) is 30.3 Å². The van der Waals surface area contributed by atoms with Crippen LogP contribution in [0.25, 0.3) is 5.69 Å². The van der Waals surface area contributed by atoms with E-state index in [0.717, 1.165) is 23.0 Å². The van der Waals surface area contributed by atoms with Gasteiger partial charge in [-0.1, -0.05) is 36.4 Å². The van der Waals surface area contributed by atoms with Gasteiger partial charge >= 0.3 is 0 Å². The minimum Gasteiger partial charge on any atom is -0.352 e. The fourth-order valence-corrected chi connectivity index (χ4v) is 4.97. The molecule has 1 fully saturated rings. The van der Waals surface area contributed by atoms with Gasteiger partial charge in [-0.3, -0.25) is 9.97 Å². The zero-order valence-corrected chi connectivity index (χ0v) is 19.0. The molecular weight excluding hydrogens is 414 g/mol. The molecule has 0 bridgehead atoms. The molecule has 2 atom stereocenters. The second-order valence-electron chi connectivity index (χ2n) is 8.11. The molecule has 0 saturated carbocycles. The number of hydrogen-bond donors (Lipinski definition) is 1. The van der Waals surface area contributed by atoms with Crippen molar-refractivity contribution in [3.8, 4) is 5.69 Å². The van der Waals surface area contributed by atoms with E-state index in [4.69, 9.17) is 12.2 Å². The molecule has 0 radical (unpaired) electrons. The second kappa shape index (κ2) is 8.55. The van der Waals surface area contributed by atoms with Gasteiger partial charge in [-0.05, 0) is 67.5 Å². The maximum Gasteiger partial charge on any atom is 0.170 e. The molecule has 4 heterocycles. The Kier molecular flexibility index (Phi) is 5.45. The van der Waals surface area contributed by atoms with E-state index in [-0.39, 0.29) is 12.1 Å². The van der Waals surface area contributed by atoms with Crippen molar-refractivity contribution < 1.29 is 0 Å². The van der Waals surface area contributed by atoms with Crippen LogP contribution in [0.4, 0.5) is 0 Å². The Balaban J connectivity index is 1.62. The first-order valence-electron chi connectivity index (χ1n) is 10.7. The number of nitrogens with one attached hydrogen (secondary N) is 1. The molecule has 0 spiro atoms. The van der Waals surface area contributed by atoms with Gasteiger partial charge < -0.3 is 14.8 Å². The van der Waals surface area contributed by atoms with E-state index in [1.165, 1.54) is 22.5 Å². The Morgan fingerprint density at radius 1 is 0.969 bits per heavy atom. The molecule has 0 amide bonds. The highest BCUT2D eigenvalue weighted by atomic mass is 32.1. The van der Waals surface area contributed by atoms with E-state index in [2.05, 4.69) is 81.1 Å². The summed E-state index contributed by atoms with van der Waals surface area (Å²) < 4.78 is 2.26. The molecule has 1 aliphatic heterocycles. The van der Waals surface area contributed by atoms with Crippen molar-refractivity contribution in [1.29, 1.82) is 0 Å². The van der Waals surface area contributed by atoms with Crippen molar-refractivity contribution in [2.45, 2.75) is 32.5 Å². The lowest BCUT2D eigenvalue weighted by Crippen LogP contribution is -2.29. The van der Waals surface area contributed by atoms with Crippen molar-refractivity contribution in [3.05, 3.63) is 114 Å². The zero-order chi connectivity index (χ0) is 22.1. The Hall–Kier alpha value is -3.51. The molecule has 5 rings (SSSR count). The third kappa shape index (κ3) is 3.67. The second-order valence-corrected chi connectivity index (χ2v) is 8.50. The SMILES string of the molecule is Cc1cc([C@H]2[C@H](c3ccccn3)NC(=S)N2Cc2ccccc2)c(C)n1-c1cccnc1. The number of aryl methyl sites for hydroxylation is 1. The largest absolute Gasteiger partial charge is 0.352 e. The number of rotatable bonds is 5. The highest BCUT2D eigenvalue weighted by Gasteiger charge is 2.41. The minimum atomic E-state index is -0.0322. The summed E-state index contributed by atoms with van der Waals surface area (Å²) in [4.78, 5) is 11.3. The number of pyridine rings is 2. The summed E-state index contributed by atoms with van der Waals surface area (Å²) in [6.45, 7) is 5.05. The molecule has 1 aromatic carbocycles. The number of benzene rings is 1. The first kappa shape index (κ1) is 20.4. The number of thiocarbonyl (C=S) groups is 1. The van der Waals surface area contributed by atoms with Crippen molar-refractivity contribution in [2.75, 3.05) is 0 Å². The molecule has 5 nitrogen and oxygen atoms in total. The summed E-state index contributed by atoms with van der Waals surface area (Å²) in [5, 5.41) is 4.31. The third-order valence-electron chi connectivity index (χ3n) is 6.09. The Bertz CT molecular complexity index is 1220. The summed E-state index contributed by atoms with van der Waals surface area (Å²) in [5.74, 6) is 0. The van der Waals surface area contributed by atoms with Gasteiger partial charge in [0.05, 0.1) is 29.7 Å². The standard InChI is InChI=1S/C26H25N5S/c1-18-15-22(19(2)31(18)21-11-8-13-27-16-21)25-24(23-12-6-7-14-28-23)29-26(32)30(25)17-20-9-4-3-5-10-20/h3-16,24-25H,17H2,1-2H3,(H,29,32)/t24-,25-/m0/s1. The van der Waals surface area contributed by atoms with Crippen molar-refractivity contribution >= 4 is 17.3 Å². The van der Waals surface area contributed by atoms with E-state index in [1.807, 2.05) is 36.7 Å². The normalized spacial score (nSPS) is 18.1. The predicted molar refractivity (Wildman–Crippen MR) is 130 cm³/mol. The molecule has 1 aliphatic rings. The van der Waals surface area contributed by atoms with E-state index in [1.54, 1.807) is 6.20 Å². The van der Waals surface area contributed by atoms with Crippen LogP contribution in [0.1, 0.15) is 40.3 Å². The van der Waals surface area contributed by atoms with Crippen LogP contribution in [-0.2, 0) is 6.54 Å². The van der Waals surface area contributed by atoms with E-state index in [9.17, 15) is 0 Å². The fraction of sp³-hybridized carbons (Fsp3) is 0.192. The Morgan fingerprint density at radius 2 is 1.78 bits per heavy atom. The van der Waals surface area contributed by atoms with Crippen LogP contribution in [-0.4, -0.2) is 24.5 Å². The summed E-state index contributed by atoms with van der Waals surface area (Å²) in [5.41, 5.74) is 6.87. The molecule has 1 N–H and O–H groups in total. The van der Waals surface area contributed by atoms with Gasteiger partial charge in [0.15, 0.2) is 5.11 Å². The molecule has 0 unspecified atom stereocenters. The Labute approximate surface area is 193 Å². The zero-order valence-electron chi connectivity index (χ0n) is 18.1. The molecule has 3 aromatic heterocycles. The number of nitrogens with zero attached hydrogens (tertiary/aromatic N) is 4. The molecule has 6 heteroatoms. The maximum absolute atomic E-state index is 5.84. The molecule has 160 valence electrons. The summed E-state index contributed by atoms with van der Waals surface area (Å²) in [6.07, 6.45) is 5.55. The number of hydrogen-bond acceptors (Lipinski definition) is 3. The molecule has 32 heavy (non-hydrogen) atoms. The van der Waals surface area contributed by atoms with E-state index < -0.39 is 0 Å². The topological polar surface area (TPSA) is 46.0 Å². The highest BCUT2D eigenvalue weighted by molar-refractivity contribution is 7.80. The average molecular weight is 440 g/mol. The molecule has 0 aliphatic carbocycles. The van der Waals surface area contributed by atoms with Gasteiger partial charge in [-0.2, -0.15) is 0 Å². The van der Waals surface area contributed by atoms with Crippen LogP contribution >= 0.6 is 12.2 Å². The lowest BCUT2D eigenvalue weighted by molar-refractivity contribution is 0.310. The van der Waals surface area contributed by atoms with E-state index in [0.29, 0.717) is 0 Å². The summed E-state index contributed by atoms with van der Waals surface area (Å²) in [6, 6.07) is 22.8. The predicted octanol–water partition coefficient (Wildman–Crippen LogP) is 5.06. The average Bonchev–Trinajstić information content (AvgIpc) is 3.30. The smallest absolute Gasteiger partial charge is 0.170 e. The molecule has 4 aromatic rings. The molecular formula is C26H25N5S. The van der Waals surface area contributed by atoms with Crippen LogP contribution < -0.4 is 5.32 Å². The van der Waals surface area contributed by atoms with Crippen molar-refractivity contribution in [1.82, 2.24) is 24.8 Å². The van der Waals surface area contributed by atoms with Gasteiger partial charge in [-0.25, -0.2) is 0 Å². The lowest BCUT2D eigenvalue weighted by Gasteiger charge is -2.28. The quantitative estimate of drug-likeness (QED) is 0.441. The minimum absolute atomic E-state index is 0.0224. The maximum atomic E-state index is 5.84. The monoisotopic (exact) mass is 439 g/mol. The Morgan fingerprint density at radius 3 is 2.50 bits per heavy atom. The fourth-order valence-electron chi connectivity index (χ4n) is 4.66. The van der Waals surface area contributed by atoms with Crippen LogP contribution in [0.2, 0.25) is 0 Å².